The van der Waals surface area contributed by atoms with Crippen LogP contribution >= 0.6 is 15.9 Å². The van der Waals surface area contributed by atoms with Crippen molar-refractivity contribution in [3.8, 4) is 0 Å². The molecule has 2 rings (SSSR count). The van der Waals surface area contributed by atoms with Gasteiger partial charge in [-0.15, -0.1) is 0 Å². The van der Waals surface area contributed by atoms with E-state index in [0.717, 1.165) is 17.6 Å². The lowest BCUT2D eigenvalue weighted by Crippen LogP contribution is -2.36. The second kappa shape index (κ2) is 6.15. The van der Waals surface area contributed by atoms with E-state index >= 15 is 0 Å². The first-order valence-electron chi connectivity index (χ1n) is 6.48. The molecule has 1 aromatic carbocycles. The normalized spacial score (nSPS) is 22.6. The molecule has 0 radical (unpaired) electrons. The maximum absolute atomic E-state index is 5.99. The summed E-state index contributed by atoms with van der Waals surface area (Å²) in [6.45, 7) is 2.93. The molecule has 1 heterocycles. The molecule has 4 heteroatoms. The second-order valence-electron chi connectivity index (χ2n) is 5.21. The number of hydrogen-bond donors (Lipinski definition) is 1. The van der Waals surface area contributed by atoms with Gasteiger partial charge in [-0.05, 0) is 38.2 Å². The topological polar surface area (TPSA) is 32.5 Å². The molecule has 1 aliphatic heterocycles. The molecule has 0 aliphatic carbocycles. The first-order chi connectivity index (χ1) is 8.61. The molecular weight excluding hydrogens is 290 g/mol. The molecule has 1 saturated heterocycles. The van der Waals surface area contributed by atoms with Crippen molar-refractivity contribution in [1.82, 2.24) is 9.80 Å². The van der Waals surface area contributed by atoms with E-state index in [2.05, 4.69) is 64.1 Å². The molecule has 0 spiro atoms. The largest absolute Gasteiger partial charge is 0.329 e. The van der Waals surface area contributed by atoms with Crippen LogP contribution in [0.5, 0.6) is 0 Å². The van der Waals surface area contributed by atoms with Crippen molar-refractivity contribution in [1.29, 1.82) is 0 Å². The van der Waals surface area contributed by atoms with Gasteiger partial charge in [0.05, 0.1) is 0 Å². The van der Waals surface area contributed by atoms with Crippen LogP contribution in [0.1, 0.15) is 18.0 Å². The summed E-state index contributed by atoms with van der Waals surface area (Å²) in [5, 5.41) is 0. The predicted molar refractivity (Wildman–Crippen MR) is 79.6 cm³/mol. The van der Waals surface area contributed by atoms with Crippen LogP contribution in [0, 0.1) is 0 Å². The molecule has 1 fully saturated rings. The zero-order valence-corrected chi connectivity index (χ0v) is 12.7. The third kappa shape index (κ3) is 3.12. The lowest BCUT2D eigenvalue weighted by atomic mass is 10.1. The Kier molecular flexibility index (Phi) is 4.78. The fourth-order valence-electron chi connectivity index (χ4n) is 2.68. The Morgan fingerprint density at radius 1 is 1.50 bits per heavy atom. The van der Waals surface area contributed by atoms with Crippen LogP contribution in [0.25, 0.3) is 0 Å². The Hall–Kier alpha value is -0.420. The maximum Gasteiger partial charge on any atom is 0.0471 e. The van der Waals surface area contributed by atoms with E-state index in [-0.39, 0.29) is 0 Å². The smallest absolute Gasteiger partial charge is 0.0471 e. The minimum absolute atomic E-state index is 0.340. The predicted octanol–water partition coefficient (Wildman–Crippen LogP) is 2.08. The van der Waals surface area contributed by atoms with Crippen molar-refractivity contribution in [2.45, 2.75) is 18.5 Å². The maximum atomic E-state index is 5.99. The van der Waals surface area contributed by atoms with Crippen molar-refractivity contribution in [3.05, 3.63) is 34.3 Å². The highest BCUT2D eigenvalue weighted by molar-refractivity contribution is 9.10. The summed E-state index contributed by atoms with van der Waals surface area (Å²) in [5.74, 6) is 0. The minimum atomic E-state index is 0.340. The summed E-state index contributed by atoms with van der Waals surface area (Å²) in [4.78, 5) is 4.82. The molecule has 0 aromatic heterocycles. The molecule has 1 aromatic rings. The van der Waals surface area contributed by atoms with Crippen LogP contribution in [0.4, 0.5) is 0 Å². The molecule has 2 N–H and O–H groups in total. The van der Waals surface area contributed by atoms with Gasteiger partial charge in [-0.25, -0.2) is 0 Å². The molecule has 2 unspecified atom stereocenters. The number of nitrogens with two attached hydrogens (primary N) is 1. The summed E-state index contributed by atoms with van der Waals surface area (Å²) < 4.78 is 1.13. The van der Waals surface area contributed by atoms with Crippen molar-refractivity contribution in [2.24, 2.45) is 5.73 Å². The SMILES string of the molecule is CN(C)C1CCN(C(CN)c2cccc(Br)c2)C1. The summed E-state index contributed by atoms with van der Waals surface area (Å²) in [6.07, 6.45) is 1.23. The average molecular weight is 312 g/mol. The van der Waals surface area contributed by atoms with Gasteiger partial charge in [0.25, 0.3) is 0 Å². The Labute approximate surface area is 118 Å². The fourth-order valence-corrected chi connectivity index (χ4v) is 3.10. The van der Waals surface area contributed by atoms with Gasteiger partial charge in [0.1, 0.15) is 0 Å². The van der Waals surface area contributed by atoms with Gasteiger partial charge in [-0.1, -0.05) is 28.1 Å². The number of rotatable bonds is 4. The molecule has 3 nitrogen and oxygen atoms in total. The highest BCUT2D eigenvalue weighted by Gasteiger charge is 2.29. The van der Waals surface area contributed by atoms with Gasteiger partial charge >= 0.3 is 0 Å². The van der Waals surface area contributed by atoms with Crippen molar-refractivity contribution in [2.75, 3.05) is 33.7 Å². The van der Waals surface area contributed by atoms with Crippen LogP contribution in [0.15, 0.2) is 28.7 Å². The Morgan fingerprint density at radius 2 is 2.28 bits per heavy atom. The minimum Gasteiger partial charge on any atom is -0.329 e. The van der Waals surface area contributed by atoms with Crippen molar-refractivity contribution >= 4 is 15.9 Å². The highest BCUT2D eigenvalue weighted by Crippen LogP contribution is 2.27. The number of halogens is 1. The van der Waals surface area contributed by atoms with E-state index in [9.17, 15) is 0 Å². The Balaban J connectivity index is 2.10. The second-order valence-corrected chi connectivity index (χ2v) is 6.12. The van der Waals surface area contributed by atoms with Crippen LogP contribution < -0.4 is 5.73 Å². The fraction of sp³-hybridized carbons (Fsp3) is 0.571. The van der Waals surface area contributed by atoms with E-state index in [0.29, 0.717) is 18.6 Å². The van der Waals surface area contributed by atoms with Gasteiger partial charge in [0.15, 0.2) is 0 Å². The zero-order chi connectivity index (χ0) is 13.1. The van der Waals surface area contributed by atoms with Gasteiger partial charge in [0.2, 0.25) is 0 Å². The Bertz CT molecular complexity index is 394. The van der Waals surface area contributed by atoms with Crippen molar-refractivity contribution < 1.29 is 0 Å². The number of benzene rings is 1. The lowest BCUT2D eigenvalue weighted by molar-refractivity contribution is 0.220. The average Bonchev–Trinajstić information content (AvgIpc) is 2.80. The molecule has 0 saturated carbocycles. The van der Waals surface area contributed by atoms with Gasteiger partial charge < -0.3 is 10.6 Å². The van der Waals surface area contributed by atoms with E-state index in [4.69, 9.17) is 5.73 Å². The standard InChI is InChI=1S/C14H22BrN3/c1-17(2)13-6-7-18(10-13)14(9-16)11-4-3-5-12(15)8-11/h3-5,8,13-14H,6-7,9-10,16H2,1-2H3. The highest BCUT2D eigenvalue weighted by atomic mass is 79.9. The molecular formula is C14H22BrN3. The third-order valence-corrected chi connectivity index (χ3v) is 4.32. The summed E-state index contributed by atoms with van der Waals surface area (Å²) in [5.41, 5.74) is 7.30. The van der Waals surface area contributed by atoms with Crippen LogP contribution in [0.3, 0.4) is 0 Å². The van der Waals surface area contributed by atoms with E-state index < -0.39 is 0 Å². The van der Waals surface area contributed by atoms with Crippen LogP contribution in [0.2, 0.25) is 0 Å². The number of likely N-dealkylation sites (N-methyl/N-ethyl adjacent to an activating group) is 1. The molecule has 18 heavy (non-hydrogen) atoms. The molecule has 0 bridgehead atoms. The summed E-state index contributed by atoms with van der Waals surface area (Å²) >= 11 is 3.54. The number of likely N-dealkylation sites (tertiary alicyclic amines) is 1. The van der Waals surface area contributed by atoms with Gasteiger partial charge in [-0.2, -0.15) is 0 Å². The van der Waals surface area contributed by atoms with Gasteiger partial charge in [-0.3, -0.25) is 4.90 Å². The molecule has 2 atom stereocenters. The van der Waals surface area contributed by atoms with Gasteiger partial charge in [0, 0.05) is 36.2 Å². The Morgan fingerprint density at radius 3 is 2.83 bits per heavy atom. The summed E-state index contributed by atoms with van der Waals surface area (Å²) in [6, 6.07) is 9.50. The molecule has 100 valence electrons. The summed E-state index contributed by atoms with van der Waals surface area (Å²) in [7, 11) is 4.31. The monoisotopic (exact) mass is 311 g/mol. The number of nitrogens with zero attached hydrogens (tertiary/aromatic N) is 2. The first kappa shape index (κ1) is 14.0. The molecule has 0 amide bonds. The van der Waals surface area contributed by atoms with E-state index in [1.54, 1.807) is 0 Å². The number of hydrogen-bond acceptors (Lipinski definition) is 3. The molecule has 1 aliphatic rings. The first-order valence-corrected chi connectivity index (χ1v) is 7.27. The van der Waals surface area contributed by atoms with E-state index in [1.165, 1.54) is 12.0 Å². The third-order valence-electron chi connectivity index (χ3n) is 3.82. The zero-order valence-electron chi connectivity index (χ0n) is 11.1. The van der Waals surface area contributed by atoms with Crippen LogP contribution in [-0.4, -0.2) is 49.6 Å². The van der Waals surface area contributed by atoms with E-state index in [1.807, 2.05) is 0 Å². The quantitative estimate of drug-likeness (QED) is 0.924. The van der Waals surface area contributed by atoms with Crippen LogP contribution in [-0.2, 0) is 0 Å². The lowest BCUT2D eigenvalue weighted by Gasteiger charge is -2.28. The van der Waals surface area contributed by atoms with Crippen molar-refractivity contribution in [3.63, 3.8) is 0 Å².